The van der Waals surface area contributed by atoms with Crippen molar-refractivity contribution in [1.82, 2.24) is 5.43 Å². The van der Waals surface area contributed by atoms with Gasteiger partial charge in [-0.1, -0.05) is 48.0 Å². The van der Waals surface area contributed by atoms with Crippen LogP contribution in [0.1, 0.15) is 17.5 Å². The van der Waals surface area contributed by atoms with Crippen molar-refractivity contribution >= 4 is 23.2 Å². The molecule has 2 N–H and O–H groups in total. The van der Waals surface area contributed by atoms with Gasteiger partial charge in [-0.25, -0.2) is 0 Å². The maximum atomic E-state index is 12.7. The summed E-state index contributed by atoms with van der Waals surface area (Å²) in [5.74, 6) is 0.434. The van der Waals surface area contributed by atoms with Gasteiger partial charge in [0.2, 0.25) is 11.8 Å². The minimum absolute atomic E-state index is 0.0550. The molecule has 1 atom stereocenters. The molecule has 3 aromatic rings. The number of amides is 2. The third-order valence-electron chi connectivity index (χ3n) is 5.57. The molecule has 1 saturated heterocycles. The highest BCUT2D eigenvalue weighted by atomic mass is 16.5. The van der Waals surface area contributed by atoms with Crippen LogP contribution in [0.3, 0.4) is 0 Å². The number of benzene rings is 3. The lowest BCUT2D eigenvalue weighted by atomic mass is 10.1. The van der Waals surface area contributed by atoms with Crippen molar-refractivity contribution in [1.29, 1.82) is 0 Å². The van der Waals surface area contributed by atoms with E-state index in [9.17, 15) is 9.59 Å². The molecule has 2 amide bonds. The molecule has 0 aromatic heterocycles. The second kappa shape index (κ2) is 10.1. The highest BCUT2D eigenvalue weighted by Gasteiger charge is 2.35. The van der Waals surface area contributed by atoms with Gasteiger partial charge < -0.3 is 14.4 Å². The fourth-order valence-corrected chi connectivity index (χ4v) is 3.69. The average Bonchev–Trinajstić information content (AvgIpc) is 3.24. The molecule has 1 fully saturated rings. The van der Waals surface area contributed by atoms with Crippen molar-refractivity contribution in [2.75, 3.05) is 24.0 Å². The van der Waals surface area contributed by atoms with Gasteiger partial charge in [-0.2, -0.15) is 0 Å². The van der Waals surface area contributed by atoms with Crippen LogP contribution in [0.5, 0.6) is 11.5 Å². The molecule has 0 unspecified atom stereocenters. The molecule has 1 aliphatic rings. The third-order valence-corrected chi connectivity index (χ3v) is 5.57. The normalized spacial score (nSPS) is 15.3. The number of hydrazine groups is 1. The largest absolute Gasteiger partial charge is 0.493 e. The summed E-state index contributed by atoms with van der Waals surface area (Å²) in [6, 6.07) is 22.9. The van der Waals surface area contributed by atoms with E-state index in [1.807, 2.05) is 61.5 Å². The summed E-state index contributed by atoms with van der Waals surface area (Å²) in [5, 5.41) is 0. The topological polar surface area (TPSA) is 79.9 Å². The van der Waals surface area contributed by atoms with Crippen LogP contribution in [0.15, 0.2) is 72.8 Å². The van der Waals surface area contributed by atoms with Crippen LogP contribution in [0.2, 0.25) is 0 Å². The summed E-state index contributed by atoms with van der Waals surface area (Å²) in [6.45, 7) is 2.77. The van der Waals surface area contributed by atoms with Crippen LogP contribution >= 0.6 is 0 Å². The number of carbonyl (C=O) groups is 2. The molecule has 0 bridgehead atoms. The summed E-state index contributed by atoms with van der Waals surface area (Å²) < 4.78 is 11.3. The van der Waals surface area contributed by atoms with Crippen LogP contribution in [-0.2, 0) is 16.2 Å². The molecule has 0 radical (unpaired) electrons. The van der Waals surface area contributed by atoms with Gasteiger partial charge in [0, 0.05) is 24.7 Å². The van der Waals surface area contributed by atoms with Crippen molar-refractivity contribution in [3.05, 3.63) is 83.9 Å². The number of methoxy groups -OCH3 is 1. The monoisotopic (exact) mass is 445 g/mol. The minimum atomic E-state index is -0.429. The standard InChI is InChI=1S/C26H27N3O4/c1-18-8-11-22(12-9-18)29-16-20(14-25(29)30)26(31)28-27-21-10-13-23(24(15-21)32-2)33-17-19-6-4-3-5-7-19/h3-13,15,20,27H,14,16-17H2,1-2H3,(H,28,31)/t20-/m0/s1. The van der Waals surface area contributed by atoms with Gasteiger partial charge in [0.25, 0.3) is 0 Å². The minimum Gasteiger partial charge on any atom is -0.493 e. The molecule has 1 heterocycles. The van der Waals surface area contributed by atoms with E-state index < -0.39 is 5.92 Å². The number of hydrogen-bond acceptors (Lipinski definition) is 5. The first-order valence-electron chi connectivity index (χ1n) is 10.8. The highest BCUT2D eigenvalue weighted by Crippen LogP contribution is 2.31. The van der Waals surface area contributed by atoms with Crippen molar-refractivity contribution < 1.29 is 19.1 Å². The Hall–Kier alpha value is -4.00. The van der Waals surface area contributed by atoms with E-state index in [-0.39, 0.29) is 18.2 Å². The SMILES string of the molecule is COc1cc(NNC(=O)[C@H]2CC(=O)N(c3ccc(C)cc3)C2)ccc1OCc1ccccc1. The Balaban J connectivity index is 1.33. The van der Waals surface area contributed by atoms with Gasteiger partial charge in [0.05, 0.1) is 18.7 Å². The van der Waals surface area contributed by atoms with E-state index in [2.05, 4.69) is 10.9 Å². The van der Waals surface area contributed by atoms with E-state index in [1.54, 1.807) is 30.2 Å². The third kappa shape index (κ3) is 5.44. The number of hydrogen-bond donors (Lipinski definition) is 2. The van der Waals surface area contributed by atoms with Gasteiger partial charge in [-0.3, -0.25) is 20.4 Å². The first kappa shape index (κ1) is 22.2. The van der Waals surface area contributed by atoms with E-state index in [4.69, 9.17) is 9.47 Å². The summed E-state index contributed by atoms with van der Waals surface area (Å²) >= 11 is 0. The van der Waals surface area contributed by atoms with Crippen molar-refractivity contribution in [2.45, 2.75) is 20.0 Å². The highest BCUT2D eigenvalue weighted by molar-refractivity contribution is 6.00. The van der Waals surface area contributed by atoms with Gasteiger partial charge in [0.15, 0.2) is 11.5 Å². The molecular weight excluding hydrogens is 418 g/mol. The van der Waals surface area contributed by atoms with Crippen molar-refractivity contribution in [2.24, 2.45) is 5.92 Å². The zero-order valence-corrected chi connectivity index (χ0v) is 18.7. The van der Waals surface area contributed by atoms with E-state index in [0.29, 0.717) is 30.3 Å². The number of nitrogens with one attached hydrogen (secondary N) is 2. The fourth-order valence-electron chi connectivity index (χ4n) is 3.69. The fraction of sp³-hybridized carbons (Fsp3) is 0.231. The second-order valence-electron chi connectivity index (χ2n) is 8.00. The lowest BCUT2D eigenvalue weighted by Gasteiger charge is -2.17. The molecule has 0 spiro atoms. The molecule has 1 aliphatic heterocycles. The zero-order valence-electron chi connectivity index (χ0n) is 18.7. The van der Waals surface area contributed by atoms with Crippen molar-refractivity contribution in [3.8, 4) is 11.5 Å². The van der Waals surface area contributed by atoms with E-state index in [1.165, 1.54) is 0 Å². The van der Waals surface area contributed by atoms with Crippen LogP contribution in [0.25, 0.3) is 0 Å². The molecular formula is C26H27N3O4. The predicted molar refractivity (Wildman–Crippen MR) is 127 cm³/mol. The molecule has 33 heavy (non-hydrogen) atoms. The molecule has 4 rings (SSSR count). The Morgan fingerprint density at radius 2 is 1.79 bits per heavy atom. The van der Waals surface area contributed by atoms with Crippen molar-refractivity contribution in [3.63, 3.8) is 0 Å². The van der Waals surface area contributed by atoms with Gasteiger partial charge >= 0.3 is 0 Å². The van der Waals surface area contributed by atoms with Gasteiger partial charge in [-0.05, 0) is 36.8 Å². The Bertz CT molecular complexity index is 1120. The number of carbonyl (C=O) groups excluding carboxylic acids is 2. The summed E-state index contributed by atoms with van der Waals surface area (Å²) in [4.78, 5) is 26.8. The van der Waals surface area contributed by atoms with Gasteiger partial charge in [0.1, 0.15) is 6.61 Å². The maximum Gasteiger partial charge on any atom is 0.243 e. The average molecular weight is 446 g/mol. The lowest BCUT2D eigenvalue weighted by Crippen LogP contribution is -2.36. The lowest BCUT2D eigenvalue weighted by molar-refractivity contribution is -0.125. The van der Waals surface area contributed by atoms with Crippen LogP contribution < -0.4 is 25.2 Å². The summed E-state index contributed by atoms with van der Waals surface area (Å²) in [7, 11) is 1.57. The first-order valence-corrected chi connectivity index (χ1v) is 10.8. The molecule has 0 saturated carbocycles. The van der Waals surface area contributed by atoms with Crippen LogP contribution in [0, 0.1) is 12.8 Å². The Kier molecular flexibility index (Phi) is 6.78. The predicted octanol–water partition coefficient (Wildman–Crippen LogP) is 4.08. The number of rotatable bonds is 8. The number of nitrogens with zero attached hydrogens (tertiary/aromatic N) is 1. The quantitative estimate of drug-likeness (QED) is 0.511. The Morgan fingerprint density at radius 1 is 1.03 bits per heavy atom. The van der Waals surface area contributed by atoms with E-state index in [0.717, 1.165) is 16.8 Å². The number of aryl methyl sites for hydroxylation is 1. The Morgan fingerprint density at radius 3 is 2.52 bits per heavy atom. The maximum absolute atomic E-state index is 12.7. The molecule has 0 aliphatic carbocycles. The van der Waals surface area contributed by atoms with E-state index >= 15 is 0 Å². The summed E-state index contributed by atoms with van der Waals surface area (Å²) in [5.41, 5.74) is 9.25. The molecule has 7 nitrogen and oxygen atoms in total. The first-order chi connectivity index (χ1) is 16.0. The number of ether oxygens (including phenoxy) is 2. The molecule has 3 aromatic carbocycles. The summed E-state index contributed by atoms with van der Waals surface area (Å²) in [6.07, 6.45) is 0.178. The Labute approximate surface area is 193 Å². The van der Waals surface area contributed by atoms with Gasteiger partial charge in [-0.15, -0.1) is 0 Å². The smallest absolute Gasteiger partial charge is 0.243 e. The van der Waals surface area contributed by atoms with Crippen LogP contribution in [-0.4, -0.2) is 25.5 Å². The molecule has 7 heteroatoms. The van der Waals surface area contributed by atoms with Crippen LogP contribution in [0.4, 0.5) is 11.4 Å². The number of anilines is 2. The molecule has 170 valence electrons. The second-order valence-corrected chi connectivity index (χ2v) is 8.00. The zero-order chi connectivity index (χ0) is 23.2.